The summed E-state index contributed by atoms with van der Waals surface area (Å²) in [6.45, 7) is 3.41. The highest BCUT2D eigenvalue weighted by atomic mass is 32.1. The summed E-state index contributed by atoms with van der Waals surface area (Å²) < 4.78 is 2.11. The number of nitrogens with one attached hydrogen (secondary N) is 1. The highest BCUT2D eigenvalue weighted by Crippen LogP contribution is 2.16. The Morgan fingerprint density at radius 1 is 1.45 bits per heavy atom. The van der Waals surface area contributed by atoms with Gasteiger partial charge in [0.25, 0.3) is 0 Å². The molecule has 2 atom stereocenters. The highest BCUT2D eigenvalue weighted by molar-refractivity contribution is 7.15. The quantitative estimate of drug-likeness (QED) is 0.903. The van der Waals surface area contributed by atoms with Crippen LogP contribution in [0.2, 0.25) is 0 Å². The first kappa shape index (κ1) is 14.0. The number of aromatic nitrogens is 2. The molecule has 0 saturated carbocycles. The monoisotopic (exact) mass is 293 g/mol. The molecule has 5 nitrogen and oxygen atoms in total. The zero-order chi connectivity index (χ0) is 14.1. The Morgan fingerprint density at radius 3 is 3.05 bits per heavy atom. The van der Waals surface area contributed by atoms with E-state index in [2.05, 4.69) is 58.4 Å². The molecule has 2 aromatic rings. The fourth-order valence-corrected chi connectivity index (χ4v) is 3.73. The van der Waals surface area contributed by atoms with Gasteiger partial charge in [-0.15, -0.1) is 11.3 Å². The van der Waals surface area contributed by atoms with Crippen LogP contribution in [-0.2, 0) is 6.42 Å². The molecule has 1 N–H and O–H groups in total. The Balaban J connectivity index is 1.74. The lowest BCUT2D eigenvalue weighted by Crippen LogP contribution is -2.58. The molecule has 6 heteroatoms. The summed E-state index contributed by atoms with van der Waals surface area (Å²) in [5.74, 6) is 0. The molecule has 0 amide bonds. The minimum Gasteiger partial charge on any atom is -0.315 e. The standard InChI is InChI=1S/C14H23N5S/c1-15-12(13-10-17(2)4-5-18(13)3)8-11-9-19-6-7-20-14(19)16-11/h6-7,9,12-13,15H,4-5,8,10H2,1-3H3. The Labute approximate surface area is 124 Å². The van der Waals surface area contributed by atoms with Crippen LogP contribution in [0.25, 0.3) is 4.96 Å². The third-order valence-corrected chi connectivity index (χ3v) is 5.08. The van der Waals surface area contributed by atoms with Crippen LogP contribution in [0, 0.1) is 0 Å². The first-order valence-electron chi connectivity index (χ1n) is 7.14. The molecule has 0 radical (unpaired) electrons. The average Bonchev–Trinajstić information content (AvgIpc) is 3.00. The summed E-state index contributed by atoms with van der Waals surface area (Å²) in [4.78, 5) is 10.7. The van der Waals surface area contributed by atoms with Crippen LogP contribution >= 0.6 is 11.3 Å². The van der Waals surface area contributed by atoms with Crippen LogP contribution in [0.5, 0.6) is 0 Å². The molecule has 1 saturated heterocycles. The van der Waals surface area contributed by atoms with Crippen molar-refractivity contribution in [3.63, 3.8) is 0 Å². The van der Waals surface area contributed by atoms with Gasteiger partial charge in [-0.25, -0.2) is 4.98 Å². The number of piperazine rings is 1. The summed E-state index contributed by atoms with van der Waals surface area (Å²) in [5, 5.41) is 5.57. The molecular weight excluding hydrogens is 270 g/mol. The number of hydrogen-bond acceptors (Lipinski definition) is 5. The Bertz CT molecular complexity index is 534. The maximum atomic E-state index is 4.71. The molecule has 0 aromatic carbocycles. The third kappa shape index (κ3) is 2.74. The van der Waals surface area contributed by atoms with E-state index >= 15 is 0 Å². The fraction of sp³-hybridized carbons (Fsp3) is 0.643. The van der Waals surface area contributed by atoms with Gasteiger partial charge in [-0.2, -0.15) is 0 Å². The molecule has 3 heterocycles. The maximum absolute atomic E-state index is 4.71. The second-order valence-electron chi connectivity index (χ2n) is 5.73. The minimum atomic E-state index is 0.437. The van der Waals surface area contributed by atoms with Crippen molar-refractivity contribution in [2.24, 2.45) is 0 Å². The van der Waals surface area contributed by atoms with E-state index in [9.17, 15) is 0 Å². The van der Waals surface area contributed by atoms with Crippen LogP contribution in [0.4, 0.5) is 0 Å². The normalized spacial score (nSPS) is 23.4. The van der Waals surface area contributed by atoms with Gasteiger partial charge < -0.3 is 10.2 Å². The second-order valence-corrected chi connectivity index (χ2v) is 6.61. The Kier molecular flexibility index (Phi) is 4.07. The number of nitrogens with zero attached hydrogens (tertiary/aromatic N) is 4. The van der Waals surface area contributed by atoms with Gasteiger partial charge >= 0.3 is 0 Å². The lowest BCUT2D eigenvalue weighted by atomic mass is 10.00. The van der Waals surface area contributed by atoms with E-state index in [-0.39, 0.29) is 0 Å². The van der Waals surface area contributed by atoms with E-state index in [4.69, 9.17) is 4.98 Å². The highest BCUT2D eigenvalue weighted by Gasteiger charge is 2.29. The molecule has 2 aromatic heterocycles. The van der Waals surface area contributed by atoms with E-state index in [0.717, 1.165) is 31.0 Å². The first-order valence-corrected chi connectivity index (χ1v) is 8.02. The number of likely N-dealkylation sites (N-methyl/N-ethyl adjacent to an activating group) is 3. The summed E-state index contributed by atoms with van der Waals surface area (Å²) in [6.07, 6.45) is 5.21. The van der Waals surface area contributed by atoms with Crippen molar-refractivity contribution >= 4 is 16.3 Å². The average molecular weight is 293 g/mol. The zero-order valence-electron chi connectivity index (χ0n) is 12.4. The molecule has 0 aliphatic carbocycles. The van der Waals surface area contributed by atoms with Crippen LogP contribution in [-0.4, -0.2) is 72.0 Å². The van der Waals surface area contributed by atoms with Gasteiger partial charge in [-0.1, -0.05) is 0 Å². The molecule has 20 heavy (non-hydrogen) atoms. The van der Waals surface area contributed by atoms with Crippen molar-refractivity contribution in [1.82, 2.24) is 24.5 Å². The van der Waals surface area contributed by atoms with Gasteiger partial charge in [0.15, 0.2) is 4.96 Å². The lowest BCUT2D eigenvalue weighted by Gasteiger charge is -2.41. The van der Waals surface area contributed by atoms with Gasteiger partial charge in [0.05, 0.1) is 5.69 Å². The SMILES string of the molecule is CNC(Cc1cn2ccsc2n1)C1CN(C)CCN1C. The third-order valence-electron chi connectivity index (χ3n) is 4.31. The molecular formula is C14H23N5S. The predicted molar refractivity (Wildman–Crippen MR) is 83.5 cm³/mol. The van der Waals surface area contributed by atoms with Crippen molar-refractivity contribution in [2.45, 2.75) is 18.5 Å². The minimum absolute atomic E-state index is 0.437. The largest absolute Gasteiger partial charge is 0.315 e. The van der Waals surface area contributed by atoms with Gasteiger partial charge in [0.1, 0.15) is 0 Å². The van der Waals surface area contributed by atoms with Gasteiger partial charge in [-0.05, 0) is 21.1 Å². The Morgan fingerprint density at radius 2 is 2.30 bits per heavy atom. The van der Waals surface area contributed by atoms with E-state index in [1.54, 1.807) is 11.3 Å². The molecule has 3 rings (SSSR count). The van der Waals surface area contributed by atoms with Gasteiger partial charge in [-0.3, -0.25) is 9.30 Å². The molecule has 1 fully saturated rings. The number of hydrogen-bond donors (Lipinski definition) is 1. The van der Waals surface area contributed by atoms with Crippen molar-refractivity contribution in [1.29, 1.82) is 0 Å². The molecule has 1 aliphatic heterocycles. The Hall–Kier alpha value is -0.950. The molecule has 0 bridgehead atoms. The van der Waals surface area contributed by atoms with Crippen molar-refractivity contribution in [2.75, 3.05) is 40.8 Å². The molecule has 2 unspecified atom stereocenters. The van der Waals surface area contributed by atoms with Crippen LogP contribution in [0.15, 0.2) is 17.8 Å². The van der Waals surface area contributed by atoms with Crippen molar-refractivity contribution < 1.29 is 0 Å². The van der Waals surface area contributed by atoms with Gasteiger partial charge in [0, 0.05) is 55.9 Å². The second kappa shape index (κ2) is 5.81. The predicted octanol–water partition coefficient (Wildman–Crippen LogP) is 0.772. The summed E-state index contributed by atoms with van der Waals surface area (Å²) in [6, 6.07) is 0.978. The number of thiazole rings is 1. The van der Waals surface area contributed by atoms with Crippen LogP contribution < -0.4 is 5.32 Å². The summed E-state index contributed by atoms with van der Waals surface area (Å²) in [7, 11) is 6.50. The van der Waals surface area contributed by atoms with E-state index in [1.165, 1.54) is 5.69 Å². The van der Waals surface area contributed by atoms with Crippen molar-refractivity contribution in [3.05, 3.63) is 23.5 Å². The maximum Gasteiger partial charge on any atom is 0.193 e. The smallest absolute Gasteiger partial charge is 0.193 e. The van der Waals surface area contributed by atoms with Crippen LogP contribution in [0.1, 0.15) is 5.69 Å². The first-order chi connectivity index (χ1) is 9.67. The molecule has 1 aliphatic rings. The zero-order valence-corrected chi connectivity index (χ0v) is 13.2. The van der Waals surface area contributed by atoms with Crippen LogP contribution in [0.3, 0.4) is 0 Å². The van der Waals surface area contributed by atoms with Crippen molar-refractivity contribution in [3.8, 4) is 0 Å². The number of rotatable bonds is 4. The number of imidazole rings is 1. The van der Waals surface area contributed by atoms with E-state index in [0.29, 0.717) is 12.1 Å². The summed E-state index contributed by atoms with van der Waals surface area (Å²) >= 11 is 1.69. The van der Waals surface area contributed by atoms with E-state index < -0.39 is 0 Å². The van der Waals surface area contributed by atoms with Gasteiger partial charge in [0.2, 0.25) is 0 Å². The lowest BCUT2D eigenvalue weighted by molar-refractivity contribution is 0.0895. The molecule has 0 spiro atoms. The molecule has 110 valence electrons. The number of fused-ring (bicyclic) bond motifs is 1. The topological polar surface area (TPSA) is 35.8 Å². The fourth-order valence-electron chi connectivity index (χ4n) is 3.01. The summed E-state index contributed by atoms with van der Waals surface area (Å²) in [5.41, 5.74) is 1.18. The van der Waals surface area contributed by atoms with E-state index in [1.807, 2.05) is 0 Å².